The number of benzene rings is 1. The fourth-order valence-corrected chi connectivity index (χ4v) is 3.31. The van der Waals surface area contributed by atoms with Crippen molar-refractivity contribution >= 4 is 5.91 Å². The number of rotatable bonds is 4. The molecule has 1 fully saturated rings. The Labute approximate surface area is 134 Å². The zero-order valence-electron chi connectivity index (χ0n) is 13.7. The minimum atomic E-state index is -4.37. The number of likely N-dealkylation sites (tertiary alicyclic amines) is 1. The molecule has 1 aromatic carbocycles. The molecule has 0 bridgehead atoms. The van der Waals surface area contributed by atoms with E-state index in [0.29, 0.717) is 17.6 Å². The van der Waals surface area contributed by atoms with Crippen LogP contribution >= 0.6 is 0 Å². The lowest BCUT2D eigenvalue weighted by molar-refractivity contribution is -0.137. The molecule has 1 heterocycles. The lowest BCUT2D eigenvalue weighted by Crippen LogP contribution is -2.48. The number of carbonyl (C=O) groups is 1. The summed E-state index contributed by atoms with van der Waals surface area (Å²) in [6, 6.07) is 5.46. The Balaban J connectivity index is 1.96. The third-order valence-electron chi connectivity index (χ3n) is 4.57. The maximum absolute atomic E-state index is 12.7. The van der Waals surface area contributed by atoms with Crippen LogP contribution in [0, 0.1) is 0 Å². The largest absolute Gasteiger partial charge is 0.416 e. The lowest BCUT2D eigenvalue weighted by atomic mass is 10.1. The first-order valence-corrected chi connectivity index (χ1v) is 7.91. The molecule has 1 aliphatic heterocycles. The maximum atomic E-state index is 12.7. The quantitative estimate of drug-likeness (QED) is 0.916. The second kappa shape index (κ2) is 6.91. The number of halogens is 3. The molecule has 1 saturated heterocycles. The summed E-state index contributed by atoms with van der Waals surface area (Å²) in [6.07, 6.45) is -2.24. The van der Waals surface area contributed by atoms with Crippen molar-refractivity contribution in [1.82, 2.24) is 10.2 Å². The van der Waals surface area contributed by atoms with E-state index in [9.17, 15) is 18.0 Å². The average Bonchev–Trinajstić information content (AvgIpc) is 2.82. The predicted molar refractivity (Wildman–Crippen MR) is 82.7 cm³/mol. The summed E-state index contributed by atoms with van der Waals surface area (Å²) in [7, 11) is 0. The Bertz CT molecular complexity index is 549. The first-order chi connectivity index (χ1) is 10.7. The van der Waals surface area contributed by atoms with Gasteiger partial charge < -0.3 is 5.32 Å². The van der Waals surface area contributed by atoms with Crippen molar-refractivity contribution in [2.75, 3.05) is 0 Å². The zero-order chi connectivity index (χ0) is 17.2. The molecule has 0 spiro atoms. The summed E-state index contributed by atoms with van der Waals surface area (Å²) in [5.41, 5.74) is -0.248. The first kappa shape index (κ1) is 17.8. The van der Waals surface area contributed by atoms with Crippen molar-refractivity contribution in [1.29, 1.82) is 0 Å². The molecule has 6 heteroatoms. The van der Waals surface area contributed by atoms with Gasteiger partial charge in [0.1, 0.15) is 0 Å². The van der Waals surface area contributed by atoms with Crippen LogP contribution in [0.4, 0.5) is 13.2 Å². The van der Waals surface area contributed by atoms with Crippen molar-refractivity contribution in [2.45, 2.75) is 64.5 Å². The molecule has 23 heavy (non-hydrogen) atoms. The van der Waals surface area contributed by atoms with Gasteiger partial charge in [0.15, 0.2) is 0 Å². The molecule has 0 aromatic heterocycles. The Morgan fingerprint density at radius 1 is 1.30 bits per heavy atom. The minimum absolute atomic E-state index is 0.101. The topological polar surface area (TPSA) is 32.3 Å². The normalized spacial score (nSPS) is 23.7. The summed E-state index contributed by atoms with van der Waals surface area (Å²) in [6.45, 7) is 6.14. The first-order valence-electron chi connectivity index (χ1n) is 7.91. The highest BCUT2D eigenvalue weighted by molar-refractivity contribution is 5.81. The molecule has 3 nitrogen and oxygen atoms in total. The molecular formula is C17H23F3N2O. The van der Waals surface area contributed by atoms with Crippen LogP contribution in [0.5, 0.6) is 0 Å². The number of hydrogen-bond donors (Lipinski definition) is 1. The summed E-state index contributed by atoms with van der Waals surface area (Å²) < 4.78 is 38.1. The lowest BCUT2D eigenvalue weighted by Gasteiger charge is -2.31. The van der Waals surface area contributed by atoms with Crippen LogP contribution in [0.1, 0.15) is 44.7 Å². The average molecular weight is 328 g/mol. The standard InChI is InChI=1S/C17H23F3N2O/c1-11-7-8-12(2)22(11)13(3)16(23)21-10-14-5-4-6-15(9-14)17(18,19)20/h4-6,9,11-13H,7-8,10H2,1-3H3,(H,21,23)/t11-,12-,13-/m1/s1. The van der Waals surface area contributed by atoms with Crippen LogP contribution in [0.25, 0.3) is 0 Å². The summed E-state index contributed by atoms with van der Waals surface area (Å²) in [5, 5.41) is 2.75. The Kier molecular flexibility index (Phi) is 5.34. The molecule has 1 amide bonds. The zero-order valence-corrected chi connectivity index (χ0v) is 13.7. The third kappa shape index (κ3) is 4.25. The Morgan fingerprint density at radius 2 is 1.91 bits per heavy atom. The van der Waals surface area contributed by atoms with E-state index in [1.54, 1.807) is 6.07 Å². The Morgan fingerprint density at radius 3 is 2.48 bits per heavy atom. The van der Waals surface area contributed by atoms with Crippen LogP contribution in [0.15, 0.2) is 24.3 Å². The smallest absolute Gasteiger partial charge is 0.351 e. The summed E-state index contributed by atoms with van der Waals surface area (Å²) in [4.78, 5) is 14.5. The van der Waals surface area contributed by atoms with Crippen LogP contribution in [-0.2, 0) is 17.5 Å². The molecule has 1 aliphatic rings. The third-order valence-corrected chi connectivity index (χ3v) is 4.57. The fraction of sp³-hybridized carbons (Fsp3) is 0.588. The van der Waals surface area contributed by atoms with Gasteiger partial charge in [0.05, 0.1) is 11.6 Å². The SMILES string of the molecule is C[C@@H]1CC[C@@H](C)N1[C@H](C)C(=O)NCc1cccc(C(F)(F)F)c1. The second-order valence-electron chi connectivity index (χ2n) is 6.31. The van der Waals surface area contributed by atoms with E-state index in [2.05, 4.69) is 24.1 Å². The van der Waals surface area contributed by atoms with Gasteiger partial charge in [-0.2, -0.15) is 13.2 Å². The molecule has 2 rings (SSSR count). The number of nitrogens with one attached hydrogen (secondary N) is 1. The van der Waals surface area contributed by atoms with E-state index >= 15 is 0 Å². The number of nitrogens with zero attached hydrogens (tertiary/aromatic N) is 1. The molecule has 128 valence electrons. The minimum Gasteiger partial charge on any atom is -0.351 e. The molecule has 0 aliphatic carbocycles. The van der Waals surface area contributed by atoms with Crippen LogP contribution in [0.3, 0.4) is 0 Å². The van der Waals surface area contributed by atoms with Crippen molar-refractivity contribution in [3.63, 3.8) is 0 Å². The maximum Gasteiger partial charge on any atom is 0.416 e. The van der Waals surface area contributed by atoms with Gasteiger partial charge in [-0.3, -0.25) is 9.69 Å². The molecule has 0 saturated carbocycles. The van der Waals surface area contributed by atoms with Gasteiger partial charge in [-0.15, -0.1) is 0 Å². The van der Waals surface area contributed by atoms with Crippen molar-refractivity contribution in [3.05, 3.63) is 35.4 Å². The van der Waals surface area contributed by atoms with Crippen molar-refractivity contribution in [3.8, 4) is 0 Å². The van der Waals surface area contributed by atoms with Gasteiger partial charge >= 0.3 is 6.18 Å². The van der Waals surface area contributed by atoms with Crippen LogP contribution in [-0.4, -0.2) is 28.9 Å². The van der Waals surface area contributed by atoms with Gasteiger partial charge in [0.25, 0.3) is 0 Å². The molecule has 0 radical (unpaired) electrons. The van der Waals surface area contributed by atoms with E-state index in [1.165, 1.54) is 6.07 Å². The monoisotopic (exact) mass is 328 g/mol. The van der Waals surface area contributed by atoms with Crippen molar-refractivity contribution in [2.24, 2.45) is 0 Å². The Hall–Kier alpha value is -1.56. The van der Waals surface area contributed by atoms with Gasteiger partial charge in [0, 0.05) is 18.6 Å². The fourth-order valence-electron chi connectivity index (χ4n) is 3.31. The number of amides is 1. The van der Waals surface area contributed by atoms with Crippen molar-refractivity contribution < 1.29 is 18.0 Å². The highest BCUT2D eigenvalue weighted by atomic mass is 19.4. The van der Waals surface area contributed by atoms with E-state index < -0.39 is 11.7 Å². The highest BCUT2D eigenvalue weighted by Gasteiger charge is 2.34. The predicted octanol–water partition coefficient (Wildman–Crippen LogP) is 3.58. The molecule has 3 atom stereocenters. The van der Waals surface area contributed by atoms with E-state index in [1.807, 2.05) is 6.92 Å². The molecule has 0 unspecified atom stereocenters. The second-order valence-corrected chi connectivity index (χ2v) is 6.31. The van der Waals surface area contributed by atoms with Gasteiger partial charge in [-0.1, -0.05) is 12.1 Å². The molecular weight excluding hydrogens is 305 g/mol. The van der Waals surface area contributed by atoms with E-state index in [0.717, 1.165) is 25.0 Å². The number of carbonyl (C=O) groups excluding carboxylic acids is 1. The van der Waals surface area contributed by atoms with Gasteiger partial charge in [-0.05, 0) is 51.3 Å². The number of hydrogen-bond acceptors (Lipinski definition) is 2. The summed E-state index contributed by atoms with van der Waals surface area (Å²) >= 11 is 0. The van der Waals surface area contributed by atoms with Crippen LogP contribution < -0.4 is 5.32 Å². The van der Waals surface area contributed by atoms with Gasteiger partial charge in [0.2, 0.25) is 5.91 Å². The molecule has 1 aromatic rings. The van der Waals surface area contributed by atoms with E-state index in [4.69, 9.17) is 0 Å². The summed E-state index contributed by atoms with van der Waals surface area (Å²) in [5.74, 6) is -0.150. The molecule has 1 N–H and O–H groups in total. The van der Waals surface area contributed by atoms with E-state index in [-0.39, 0.29) is 18.5 Å². The highest BCUT2D eigenvalue weighted by Crippen LogP contribution is 2.29. The van der Waals surface area contributed by atoms with Crippen LogP contribution in [0.2, 0.25) is 0 Å². The van der Waals surface area contributed by atoms with Gasteiger partial charge in [-0.25, -0.2) is 0 Å². The number of alkyl halides is 3.